The van der Waals surface area contributed by atoms with Gasteiger partial charge in [-0.15, -0.1) is 0 Å². The van der Waals surface area contributed by atoms with Crippen molar-refractivity contribution in [1.29, 1.82) is 0 Å². The Hall–Kier alpha value is -2.33. The van der Waals surface area contributed by atoms with Gasteiger partial charge in [0.15, 0.2) is 0 Å². The van der Waals surface area contributed by atoms with Crippen molar-refractivity contribution >= 4 is 5.91 Å². The van der Waals surface area contributed by atoms with Crippen molar-refractivity contribution in [1.82, 2.24) is 9.80 Å². The van der Waals surface area contributed by atoms with Crippen molar-refractivity contribution in [3.05, 3.63) is 65.2 Å². The van der Waals surface area contributed by atoms with Gasteiger partial charge < -0.3 is 9.64 Å². The molecule has 1 saturated carbocycles. The second-order valence-electron chi connectivity index (χ2n) is 10.3. The number of hydrogen-bond donors (Lipinski definition) is 0. The summed E-state index contributed by atoms with van der Waals surface area (Å²) in [5, 5.41) is 0. The molecule has 1 amide bonds. The van der Waals surface area contributed by atoms with Gasteiger partial charge in [-0.3, -0.25) is 9.69 Å². The van der Waals surface area contributed by atoms with Crippen LogP contribution in [0.25, 0.3) is 0 Å². The number of fused-ring (bicyclic) bond motifs is 1. The fraction of sp³-hybridized carbons (Fsp3) is 0.536. The lowest BCUT2D eigenvalue weighted by Gasteiger charge is -2.39. The Morgan fingerprint density at radius 1 is 1.06 bits per heavy atom. The lowest BCUT2D eigenvalue weighted by Crippen LogP contribution is -2.48. The van der Waals surface area contributed by atoms with Crippen LogP contribution in [-0.4, -0.2) is 48.5 Å². The predicted molar refractivity (Wildman–Crippen MR) is 128 cm³/mol. The number of likely N-dealkylation sites (tertiary alicyclic amines) is 2. The molecule has 2 aliphatic heterocycles. The molecule has 0 bridgehead atoms. The first-order chi connectivity index (χ1) is 15.5. The second kappa shape index (κ2) is 8.90. The standard InChI is InChI=1S/C28H36N2O2/c1-19(2)21-9-7-20(8-10-21)16-29-14-13-27-26(17-29)25(18-30(27)28(31)22-11-12-22)23-5-4-6-24(15-23)32-3/h4-10,15,19,22,25-27H,11-14,16-18H2,1-3H3/t25-,26-,27-/m1/s1. The molecule has 170 valence electrons. The van der Waals surface area contributed by atoms with Gasteiger partial charge >= 0.3 is 0 Å². The Labute approximate surface area is 192 Å². The third-order valence-electron chi connectivity index (χ3n) is 7.80. The Morgan fingerprint density at radius 3 is 2.53 bits per heavy atom. The van der Waals surface area contributed by atoms with Crippen LogP contribution in [0.5, 0.6) is 5.75 Å². The van der Waals surface area contributed by atoms with E-state index in [2.05, 4.69) is 66.1 Å². The number of ether oxygens (including phenoxy) is 1. The number of rotatable bonds is 6. The highest BCUT2D eigenvalue weighted by Gasteiger charge is 2.49. The largest absolute Gasteiger partial charge is 0.497 e. The van der Waals surface area contributed by atoms with E-state index in [0.29, 0.717) is 29.7 Å². The quantitative estimate of drug-likeness (QED) is 0.641. The Bertz CT molecular complexity index is 950. The molecule has 2 aromatic carbocycles. The SMILES string of the molecule is COc1cccc([C@H]2CN(C(=O)C3CC3)[C@@H]3CCN(Cc4ccc(C(C)C)cc4)C[C@H]23)c1. The van der Waals surface area contributed by atoms with Gasteiger partial charge in [-0.1, -0.05) is 50.2 Å². The fourth-order valence-corrected chi connectivity index (χ4v) is 5.76. The molecule has 3 aliphatic rings. The monoisotopic (exact) mass is 432 g/mol. The summed E-state index contributed by atoms with van der Waals surface area (Å²) < 4.78 is 5.51. The second-order valence-corrected chi connectivity index (χ2v) is 10.3. The van der Waals surface area contributed by atoms with E-state index in [1.54, 1.807) is 7.11 Å². The summed E-state index contributed by atoms with van der Waals surface area (Å²) in [6, 6.07) is 18.0. The minimum absolute atomic E-state index is 0.289. The highest BCUT2D eigenvalue weighted by molar-refractivity contribution is 5.82. The molecule has 5 rings (SSSR count). The summed E-state index contributed by atoms with van der Waals surface area (Å²) in [5.74, 6) is 3.03. The van der Waals surface area contributed by atoms with E-state index in [0.717, 1.165) is 51.2 Å². The van der Waals surface area contributed by atoms with Gasteiger partial charge in [0.05, 0.1) is 7.11 Å². The van der Waals surface area contributed by atoms with Gasteiger partial charge in [-0.25, -0.2) is 0 Å². The van der Waals surface area contributed by atoms with Crippen LogP contribution in [0, 0.1) is 11.8 Å². The molecule has 0 radical (unpaired) electrons. The molecule has 4 nitrogen and oxygen atoms in total. The van der Waals surface area contributed by atoms with Gasteiger partial charge in [-0.2, -0.15) is 0 Å². The summed E-state index contributed by atoms with van der Waals surface area (Å²) in [4.78, 5) is 18.0. The summed E-state index contributed by atoms with van der Waals surface area (Å²) in [7, 11) is 1.73. The zero-order valence-corrected chi connectivity index (χ0v) is 19.7. The van der Waals surface area contributed by atoms with E-state index < -0.39 is 0 Å². The third-order valence-corrected chi connectivity index (χ3v) is 7.80. The average molecular weight is 433 g/mol. The van der Waals surface area contributed by atoms with Crippen LogP contribution >= 0.6 is 0 Å². The van der Waals surface area contributed by atoms with Gasteiger partial charge in [0.2, 0.25) is 5.91 Å². The number of methoxy groups -OCH3 is 1. The van der Waals surface area contributed by atoms with Crippen molar-refractivity contribution in [3.63, 3.8) is 0 Å². The number of hydrogen-bond acceptors (Lipinski definition) is 3. The topological polar surface area (TPSA) is 32.8 Å². The van der Waals surface area contributed by atoms with Crippen molar-refractivity contribution in [2.24, 2.45) is 11.8 Å². The highest BCUT2D eigenvalue weighted by atomic mass is 16.5. The normalized spacial score (nSPS) is 25.8. The lowest BCUT2D eigenvalue weighted by atomic mass is 9.81. The van der Waals surface area contributed by atoms with E-state index in [4.69, 9.17) is 4.74 Å². The molecule has 4 heteroatoms. The van der Waals surface area contributed by atoms with Crippen LogP contribution in [0.3, 0.4) is 0 Å². The molecular formula is C28H36N2O2. The Balaban J connectivity index is 1.35. The Morgan fingerprint density at radius 2 is 1.84 bits per heavy atom. The lowest BCUT2D eigenvalue weighted by molar-refractivity contribution is -0.134. The number of carbonyl (C=O) groups excluding carboxylic acids is 1. The van der Waals surface area contributed by atoms with Crippen molar-refractivity contribution in [2.45, 2.75) is 57.5 Å². The summed E-state index contributed by atoms with van der Waals surface area (Å²) >= 11 is 0. The van der Waals surface area contributed by atoms with Crippen LogP contribution in [0.4, 0.5) is 0 Å². The summed E-state index contributed by atoms with van der Waals surface area (Å²) in [6.07, 6.45) is 3.23. The maximum Gasteiger partial charge on any atom is 0.225 e. The van der Waals surface area contributed by atoms with Gasteiger partial charge in [0.1, 0.15) is 5.75 Å². The minimum Gasteiger partial charge on any atom is -0.497 e. The molecule has 3 atom stereocenters. The summed E-state index contributed by atoms with van der Waals surface area (Å²) in [6.45, 7) is 8.44. The van der Waals surface area contributed by atoms with Crippen LogP contribution < -0.4 is 4.74 Å². The van der Waals surface area contributed by atoms with E-state index in [9.17, 15) is 4.79 Å². The van der Waals surface area contributed by atoms with Crippen molar-refractivity contribution in [3.8, 4) is 5.75 Å². The molecule has 0 spiro atoms. The third kappa shape index (κ3) is 4.30. The van der Waals surface area contributed by atoms with E-state index >= 15 is 0 Å². The van der Waals surface area contributed by atoms with Crippen molar-refractivity contribution < 1.29 is 9.53 Å². The molecule has 2 saturated heterocycles. The molecule has 1 aliphatic carbocycles. The van der Waals surface area contributed by atoms with Gasteiger partial charge in [0, 0.05) is 50.0 Å². The molecule has 0 aromatic heterocycles. The fourth-order valence-electron chi connectivity index (χ4n) is 5.76. The maximum absolute atomic E-state index is 13.1. The smallest absolute Gasteiger partial charge is 0.225 e. The van der Waals surface area contributed by atoms with E-state index in [1.807, 2.05) is 6.07 Å². The molecule has 32 heavy (non-hydrogen) atoms. The number of amides is 1. The Kier molecular flexibility index (Phi) is 5.98. The van der Waals surface area contributed by atoms with Gasteiger partial charge in [-0.05, 0) is 54.0 Å². The zero-order chi connectivity index (χ0) is 22.2. The molecular weight excluding hydrogens is 396 g/mol. The predicted octanol–water partition coefficient (Wildman–Crippen LogP) is 5.05. The number of piperidine rings is 1. The molecule has 2 aromatic rings. The van der Waals surface area contributed by atoms with Crippen LogP contribution in [-0.2, 0) is 11.3 Å². The maximum atomic E-state index is 13.1. The molecule has 0 N–H and O–H groups in total. The first kappa shape index (κ1) is 21.5. The first-order valence-electron chi connectivity index (χ1n) is 12.3. The number of nitrogens with zero attached hydrogens (tertiary/aromatic N) is 2. The first-order valence-corrected chi connectivity index (χ1v) is 12.3. The van der Waals surface area contributed by atoms with Crippen LogP contribution in [0.1, 0.15) is 61.6 Å². The summed E-state index contributed by atoms with van der Waals surface area (Å²) in [5.41, 5.74) is 4.10. The minimum atomic E-state index is 0.289. The van der Waals surface area contributed by atoms with E-state index in [-0.39, 0.29) is 5.92 Å². The van der Waals surface area contributed by atoms with Gasteiger partial charge in [0.25, 0.3) is 0 Å². The molecule has 3 fully saturated rings. The average Bonchev–Trinajstić information content (AvgIpc) is 3.60. The zero-order valence-electron chi connectivity index (χ0n) is 19.7. The number of carbonyl (C=O) groups is 1. The highest BCUT2D eigenvalue weighted by Crippen LogP contribution is 2.45. The van der Waals surface area contributed by atoms with Crippen LogP contribution in [0.2, 0.25) is 0 Å². The van der Waals surface area contributed by atoms with Crippen molar-refractivity contribution in [2.75, 3.05) is 26.7 Å². The molecule has 0 unspecified atom stereocenters. The number of benzene rings is 2. The van der Waals surface area contributed by atoms with E-state index in [1.165, 1.54) is 16.7 Å². The molecule has 2 heterocycles. The van der Waals surface area contributed by atoms with Crippen LogP contribution in [0.15, 0.2) is 48.5 Å².